The van der Waals surface area contributed by atoms with Gasteiger partial charge in [-0.2, -0.15) is 13.2 Å². The molecule has 132 valence electrons. The van der Waals surface area contributed by atoms with Gasteiger partial charge in [0, 0.05) is 6.20 Å². The van der Waals surface area contributed by atoms with Crippen molar-refractivity contribution in [1.82, 2.24) is 4.98 Å². The van der Waals surface area contributed by atoms with E-state index in [-0.39, 0.29) is 5.56 Å². The van der Waals surface area contributed by atoms with Crippen molar-refractivity contribution in [2.45, 2.75) is 12.3 Å². The topological polar surface area (TPSA) is 39.2 Å². The van der Waals surface area contributed by atoms with Crippen LogP contribution in [-0.2, 0) is 10.9 Å². The normalized spacial score (nSPS) is 12.4. The molecule has 3 rings (SSSR count). The lowest BCUT2D eigenvalue weighted by molar-refractivity contribution is -0.137. The number of ether oxygens (including phenoxy) is 1. The highest BCUT2D eigenvalue weighted by Gasteiger charge is 2.31. The van der Waals surface area contributed by atoms with Gasteiger partial charge >= 0.3 is 12.1 Å². The number of alkyl halides is 3. The number of pyridine rings is 1. The maximum Gasteiger partial charge on any atom is 0.416 e. The zero-order chi connectivity index (χ0) is 18.6. The standard InChI is InChI=1S/C20H14F3NO2/c21-20(22,23)16-10-6-9-15(13-16)19(25)26-18(14-7-2-1-3-8-14)17-11-4-5-12-24-17/h1-13,18H. The summed E-state index contributed by atoms with van der Waals surface area (Å²) in [6.45, 7) is 0. The van der Waals surface area contributed by atoms with Crippen LogP contribution in [0.5, 0.6) is 0 Å². The van der Waals surface area contributed by atoms with Gasteiger partial charge in [0.1, 0.15) is 0 Å². The number of hydrogen-bond donors (Lipinski definition) is 0. The highest BCUT2D eigenvalue weighted by molar-refractivity contribution is 5.90. The highest BCUT2D eigenvalue weighted by Crippen LogP contribution is 2.31. The Morgan fingerprint density at radius 1 is 0.923 bits per heavy atom. The lowest BCUT2D eigenvalue weighted by Gasteiger charge is -2.18. The van der Waals surface area contributed by atoms with Crippen molar-refractivity contribution < 1.29 is 22.7 Å². The Bertz CT molecular complexity index is 841. The Hall–Kier alpha value is -3.15. The van der Waals surface area contributed by atoms with E-state index in [9.17, 15) is 18.0 Å². The van der Waals surface area contributed by atoms with Crippen molar-refractivity contribution in [3.05, 3.63) is 101 Å². The van der Waals surface area contributed by atoms with Crippen LogP contribution in [0.1, 0.15) is 33.3 Å². The highest BCUT2D eigenvalue weighted by atomic mass is 19.4. The van der Waals surface area contributed by atoms with Crippen LogP contribution in [0.4, 0.5) is 13.2 Å². The zero-order valence-corrected chi connectivity index (χ0v) is 13.5. The fraction of sp³-hybridized carbons (Fsp3) is 0.100. The molecule has 3 nitrogen and oxygen atoms in total. The van der Waals surface area contributed by atoms with Gasteiger partial charge in [-0.3, -0.25) is 4.98 Å². The maximum absolute atomic E-state index is 12.9. The molecule has 0 N–H and O–H groups in total. The van der Waals surface area contributed by atoms with Crippen molar-refractivity contribution in [2.75, 3.05) is 0 Å². The Morgan fingerprint density at radius 3 is 2.31 bits per heavy atom. The number of hydrogen-bond acceptors (Lipinski definition) is 3. The second-order valence-electron chi connectivity index (χ2n) is 5.53. The van der Waals surface area contributed by atoms with Gasteiger partial charge in [0.25, 0.3) is 0 Å². The zero-order valence-electron chi connectivity index (χ0n) is 13.5. The summed E-state index contributed by atoms with van der Waals surface area (Å²) in [6.07, 6.45) is -3.79. The number of carbonyl (C=O) groups excluding carboxylic acids is 1. The summed E-state index contributed by atoms with van der Waals surface area (Å²) in [5.74, 6) is -0.851. The first-order valence-electron chi connectivity index (χ1n) is 7.79. The van der Waals surface area contributed by atoms with Gasteiger partial charge in [-0.1, -0.05) is 42.5 Å². The molecule has 0 spiro atoms. The summed E-state index contributed by atoms with van der Waals surface area (Å²) >= 11 is 0. The van der Waals surface area contributed by atoms with Crippen molar-refractivity contribution in [3.63, 3.8) is 0 Å². The summed E-state index contributed by atoms with van der Waals surface area (Å²) < 4.78 is 44.1. The van der Waals surface area contributed by atoms with Gasteiger partial charge in [-0.25, -0.2) is 4.79 Å². The van der Waals surface area contributed by atoms with E-state index in [0.717, 1.165) is 12.1 Å². The van der Waals surface area contributed by atoms with Gasteiger partial charge in [-0.15, -0.1) is 0 Å². The lowest BCUT2D eigenvalue weighted by Crippen LogP contribution is -2.15. The predicted octanol–water partition coefficient (Wildman–Crippen LogP) is 5.05. The lowest BCUT2D eigenvalue weighted by atomic mass is 10.1. The first-order chi connectivity index (χ1) is 12.4. The maximum atomic E-state index is 12.9. The minimum absolute atomic E-state index is 0.170. The van der Waals surface area contributed by atoms with Gasteiger partial charge in [0.2, 0.25) is 0 Å². The van der Waals surface area contributed by atoms with E-state index in [1.807, 2.05) is 6.07 Å². The molecular weight excluding hydrogens is 343 g/mol. The van der Waals surface area contributed by atoms with Gasteiger partial charge in [0.15, 0.2) is 6.10 Å². The molecule has 26 heavy (non-hydrogen) atoms. The Balaban J connectivity index is 1.91. The van der Waals surface area contributed by atoms with Crippen LogP contribution in [0.2, 0.25) is 0 Å². The molecule has 1 unspecified atom stereocenters. The Kier molecular flexibility index (Phi) is 5.02. The van der Waals surface area contributed by atoms with E-state index >= 15 is 0 Å². The van der Waals surface area contributed by atoms with E-state index in [1.54, 1.807) is 48.7 Å². The van der Waals surface area contributed by atoms with E-state index in [2.05, 4.69) is 4.98 Å². The first-order valence-corrected chi connectivity index (χ1v) is 7.79. The van der Waals surface area contributed by atoms with Crippen LogP contribution in [0.25, 0.3) is 0 Å². The first kappa shape index (κ1) is 17.7. The molecule has 0 aliphatic carbocycles. The quantitative estimate of drug-likeness (QED) is 0.614. The summed E-state index contributed by atoms with van der Waals surface area (Å²) in [5.41, 5.74) is 0.0864. The fourth-order valence-corrected chi connectivity index (χ4v) is 2.46. The Labute approximate surface area is 148 Å². The average molecular weight is 357 g/mol. The van der Waals surface area contributed by atoms with Gasteiger partial charge < -0.3 is 4.74 Å². The van der Waals surface area contributed by atoms with E-state index < -0.39 is 23.8 Å². The van der Waals surface area contributed by atoms with E-state index in [4.69, 9.17) is 4.74 Å². The van der Waals surface area contributed by atoms with Crippen molar-refractivity contribution in [1.29, 1.82) is 0 Å². The number of nitrogens with zero attached hydrogens (tertiary/aromatic N) is 1. The second-order valence-corrected chi connectivity index (χ2v) is 5.53. The Morgan fingerprint density at radius 2 is 1.65 bits per heavy atom. The number of halogens is 3. The smallest absolute Gasteiger partial charge is 0.416 e. The number of carbonyl (C=O) groups is 1. The molecular formula is C20H14F3NO2. The number of esters is 1. The van der Waals surface area contributed by atoms with Crippen LogP contribution in [0.3, 0.4) is 0 Å². The molecule has 0 bridgehead atoms. The van der Waals surface area contributed by atoms with Gasteiger partial charge in [0.05, 0.1) is 16.8 Å². The molecule has 0 amide bonds. The molecule has 3 aromatic rings. The molecule has 1 heterocycles. The monoisotopic (exact) mass is 357 g/mol. The minimum Gasteiger partial charge on any atom is -0.447 e. The molecule has 1 aromatic heterocycles. The van der Waals surface area contributed by atoms with Gasteiger partial charge in [-0.05, 0) is 35.9 Å². The van der Waals surface area contributed by atoms with Crippen LogP contribution < -0.4 is 0 Å². The summed E-state index contributed by atoms with van der Waals surface area (Å²) in [4.78, 5) is 16.7. The molecule has 1 atom stereocenters. The fourth-order valence-electron chi connectivity index (χ4n) is 2.46. The van der Waals surface area contributed by atoms with Crippen LogP contribution in [-0.4, -0.2) is 11.0 Å². The molecule has 0 aliphatic heterocycles. The third-order valence-electron chi connectivity index (χ3n) is 3.71. The summed E-state index contributed by atoms with van der Waals surface area (Å²) in [6, 6.07) is 18.2. The molecule has 0 aliphatic rings. The third-order valence-corrected chi connectivity index (χ3v) is 3.71. The second kappa shape index (κ2) is 7.39. The average Bonchev–Trinajstić information content (AvgIpc) is 2.67. The molecule has 2 aromatic carbocycles. The van der Waals surface area contributed by atoms with E-state index in [1.165, 1.54) is 12.1 Å². The molecule has 0 saturated carbocycles. The number of rotatable bonds is 4. The van der Waals surface area contributed by atoms with E-state index in [0.29, 0.717) is 11.3 Å². The SMILES string of the molecule is O=C(OC(c1ccccc1)c1ccccn1)c1cccc(C(F)(F)F)c1. The molecule has 0 fully saturated rings. The van der Waals surface area contributed by atoms with Crippen LogP contribution in [0.15, 0.2) is 79.0 Å². The number of aromatic nitrogens is 1. The molecule has 6 heteroatoms. The summed E-state index contributed by atoms with van der Waals surface area (Å²) in [5, 5.41) is 0. The summed E-state index contributed by atoms with van der Waals surface area (Å²) in [7, 11) is 0. The molecule has 0 saturated heterocycles. The van der Waals surface area contributed by atoms with Crippen molar-refractivity contribution >= 4 is 5.97 Å². The number of benzene rings is 2. The largest absolute Gasteiger partial charge is 0.447 e. The van der Waals surface area contributed by atoms with Crippen LogP contribution in [0, 0.1) is 0 Å². The third kappa shape index (κ3) is 4.08. The van der Waals surface area contributed by atoms with Crippen LogP contribution >= 0.6 is 0 Å². The predicted molar refractivity (Wildman–Crippen MR) is 89.4 cm³/mol. The van der Waals surface area contributed by atoms with Crippen molar-refractivity contribution in [3.8, 4) is 0 Å². The minimum atomic E-state index is -4.53. The van der Waals surface area contributed by atoms with Crippen molar-refractivity contribution in [2.24, 2.45) is 0 Å². The molecule has 0 radical (unpaired) electrons.